The van der Waals surface area contributed by atoms with Crippen molar-refractivity contribution in [1.29, 1.82) is 0 Å². The van der Waals surface area contributed by atoms with Crippen LogP contribution < -0.4 is 25.7 Å². The van der Waals surface area contributed by atoms with E-state index in [1.807, 2.05) is 52.0 Å². The van der Waals surface area contributed by atoms with Crippen LogP contribution in [0.2, 0.25) is 0 Å². The Hall–Kier alpha value is -4.35. The third kappa shape index (κ3) is 11.6. The van der Waals surface area contributed by atoms with Gasteiger partial charge in [0.25, 0.3) is 0 Å². The Morgan fingerprint density at radius 2 is 1.46 bits per heavy atom. The molecule has 3 aliphatic rings. The number of aldehydes is 1. The van der Waals surface area contributed by atoms with E-state index < -0.39 is 11.9 Å². The van der Waals surface area contributed by atoms with Gasteiger partial charge in [0.15, 0.2) is 5.78 Å². The zero-order chi connectivity index (χ0) is 46.4. The van der Waals surface area contributed by atoms with E-state index in [0.29, 0.717) is 86.1 Å². The Labute approximate surface area is 403 Å². The van der Waals surface area contributed by atoms with Crippen LogP contribution in [-0.2, 0) is 25.5 Å². The van der Waals surface area contributed by atoms with Crippen LogP contribution in [0.25, 0.3) is 29.1 Å². The Bertz CT molecular complexity index is 2460. The predicted molar refractivity (Wildman–Crippen MR) is 260 cm³/mol. The number of carbonyl (C=O) groups excluding carboxylic acids is 4. The molecule has 2 aliphatic heterocycles. The number of ether oxygens (including phenoxy) is 2. The minimum absolute atomic E-state index is 0. The fraction of sp³-hybridized carbons (Fsp3) is 0.556. The standard InChI is InChI=1S/C54H72N4O6.Mg/c1-12-38-34(7)42-27-46-40(29-59)36(9)41(56-46)26-43-35(8)39(51(57-43)49-50(54(62)63-11)53(61)48-37(10)44(58-52(48)49)28-45(38)55-42)22-23-47(60)64-25-24-33(6)21-15-20-32(5)19-14-18-31(4)17-13-16-30(2)3;/h24,26-32,35,39,50H,12-23,25H2,1-11H3,(H2-2,55,56,57,58,59,61);/q-2;+2/p-2/b33-24-,43-26-;/t31-,32-,35+,39+,50-;/m1./s1. The van der Waals surface area contributed by atoms with E-state index in [0.717, 1.165) is 47.4 Å². The maximum Gasteiger partial charge on any atom is 2.00 e. The first kappa shape index (κ1) is 51.6. The summed E-state index contributed by atoms with van der Waals surface area (Å²) >= 11 is 0. The fourth-order valence-electron chi connectivity index (χ4n) is 9.97. The van der Waals surface area contributed by atoms with Crippen molar-refractivity contribution in [2.45, 2.75) is 146 Å². The number of methoxy groups -OCH3 is 1. The molecular weight excluding hydrogens is 825 g/mol. The van der Waals surface area contributed by atoms with Gasteiger partial charge in [-0.25, -0.2) is 0 Å². The average Bonchev–Trinajstić information content (AvgIpc) is 3.99. The molecule has 0 radical (unpaired) electrons. The SMILES string of the molecule is CCc1c(C)/c2[n-]/c1=C\c1[n-]c3c(c1C)C(=O)[C@H](C(=O)OC)/C3=C1/[N-]/C(=C\c3[n-]c(c(C=O)c3C)\C=2)[C@@H](C)[C@@H]1CCC(=O)OC/C=C(/C)CCC[C@H](C)CCC[C@H](C)CCCC(C)C.[Mg+2]. The maximum absolute atomic E-state index is 14.3. The second kappa shape index (κ2) is 22.9. The van der Waals surface area contributed by atoms with Crippen molar-refractivity contribution in [3.05, 3.63) is 95.2 Å². The van der Waals surface area contributed by atoms with Crippen molar-refractivity contribution in [3.63, 3.8) is 0 Å². The number of rotatable bonds is 20. The monoisotopic (exact) mass is 895 g/mol. The van der Waals surface area contributed by atoms with Gasteiger partial charge in [0.05, 0.1) is 7.11 Å². The summed E-state index contributed by atoms with van der Waals surface area (Å²) in [5.41, 5.74) is 9.13. The summed E-state index contributed by atoms with van der Waals surface area (Å²) in [7, 11) is 1.28. The van der Waals surface area contributed by atoms with Gasteiger partial charge < -0.3 is 29.7 Å². The van der Waals surface area contributed by atoms with Gasteiger partial charge in [0.2, 0.25) is 0 Å². The number of carbonyl (C=O) groups is 4. The summed E-state index contributed by atoms with van der Waals surface area (Å²) in [6.07, 6.45) is 20.8. The number of hydrogen-bond acceptors (Lipinski definition) is 6. The fourth-order valence-corrected chi connectivity index (χ4v) is 9.97. The molecule has 10 nitrogen and oxygen atoms in total. The molecule has 65 heavy (non-hydrogen) atoms. The third-order valence-electron chi connectivity index (χ3n) is 14.1. The Morgan fingerprint density at radius 1 is 0.815 bits per heavy atom. The number of aromatic nitrogens is 3. The predicted octanol–water partition coefficient (Wildman–Crippen LogP) is 9.53. The molecule has 1 aliphatic carbocycles. The minimum atomic E-state index is -1.25. The molecular formula is C54H70MgN4O6-2. The number of allylic oxidation sites excluding steroid dienone is 3. The molecule has 0 unspecified atom stereocenters. The number of Topliss-reactive ketones (excluding diaryl/α,β-unsaturated/α-hetero) is 1. The molecule has 346 valence electrons. The smallest absolute Gasteiger partial charge is 0.664 e. The molecule has 5 atom stereocenters. The second-order valence-corrected chi connectivity index (χ2v) is 19.3. The van der Waals surface area contributed by atoms with Gasteiger partial charge >= 0.3 is 35.0 Å². The average molecular weight is 895 g/mol. The second-order valence-electron chi connectivity index (χ2n) is 19.3. The van der Waals surface area contributed by atoms with Crippen molar-refractivity contribution in [2.75, 3.05) is 13.7 Å². The summed E-state index contributed by atoms with van der Waals surface area (Å²) < 4.78 is 11.0. The van der Waals surface area contributed by atoms with Crippen LogP contribution in [-0.4, -0.2) is 60.8 Å². The number of ketones is 1. The summed E-state index contributed by atoms with van der Waals surface area (Å²) in [6.45, 7) is 21.5. The first-order chi connectivity index (χ1) is 30.6. The normalized spacial score (nSPS) is 21.7. The van der Waals surface area contributed by atoms with Crippen molar-refractivity contribution < 1.29 is 28.7 Å². The van der Waals surface area contributed by atoms with Gasteiger partial charge in [-0.05, 0) is 89.0 Å². The Morgan fingerprint density at radius 3 is 2.11 bits per heavy atom. The quantitative estimate of drug-likeness (QED) is 0.0356. The molecule has 0 aromatic carbocycles. The van der Waals surface area contributed by atoms with Gasteiger partial charge in [0, 0.05) is 17.5 Å². The van der Waals surface area contributed by atoms with Crippen LogP contribution in [0.3, 0.4) is 0 Å². The van der Waals surface area contributed by atoms with Crippen LogP contribution >= 0.6 is 0 Å². The van der Waals surface area contributed by atoms with Gasteiger partial charge in [-0.15, -0.1) is 33.5 Å². The van der Waals surface area contributed by atoms with Crippen molar-refractivity contribution >= 4 is 70.9 Å². The summed E-state index contributed by atoms with van der Waals surface area (Å²) in [5.74, 6) is -0.961. The van der Waals surface area contributed by atoms with E-state index in [4.69, 9.17) is 29.7 Å². The molecule has 8 bridgehead atoms. The molecule has 11 heteroatoms. The van der Waals surface area contributed by atoms with Crippen LogP contribution in [0.15, 0.2) is 23.0 Å². The first-order valence-corrected chi connectivity index (χ1v) is 23.8. The van der Waals surface area contributed by atoms with Crippen molar-refractivity contribution in [1.82, 2.24) is 15.0 Å². The Balaban J connectivity index is 0.00000793. The van der Waals surface area contributed by atoms with Crippen molar-refractivity contribution in [2.24, 2.45) is 35.5 Å². The van der Waals surface area contributed by atoms with Gasteiger partial charge in [-0.2, -0.15) is 11.4 Å². The van der Waals surface area contributed by atoms with Crippen LogP contribution in [0.4, 0.5) is 0 Å². The molecule has 3 aromatic heterocycles. The molecule has 0 spiro atoms. The molecule has 1 fully saturated rings. The molecule has 3 aromatic rings. The van der Waals surface area contributed by atoms with E-state index in [2.05, 4.69) is 41.5 Å². The van der Waals surface area contributed by atoms with E-state index in [1.54, 1.807) is 0 Å². The molecule has 6 rings (SSSR count). The van der Waals surface area contributed by atoms with E-state index in [1.165, 1.54) is 57.6 Å². The number of fused-ring (bicyclic) bond motifs is 7. The molecule has 1 saturated heterocycles. The molecule has 0 N–H and O–H groups in total. The van der Waals surface area contributed by atoms with Gasteiger partial charge in [-0.1, -0.05) is 138 Å². The number of hydrogen-bond donors (Lipinski definition) is 0. The summed E-state index contributed by atoms with van der Waals surface area (Å²) in [6, 6.07) is 0. The molecule has 5 heterocycles. The zero-order valence-electron chi connectivity index (χ0n) is 41.0. The maximum atomic E-state index is 14.3. The van der Waals surface area contributed by atoms with Gasteiger partial charge in [0.1, 0.15) is 18.8 Å². The number of nitrogens with zero attached hydrogens (tertiary/aromatic N) is 4. The summed E-state index contributed by atoms with van der Waals surface area (Å²) in [4.78, 5) is 68.8. The number of esters is 2. The Kier molecular flexibility index (Phi) is 18.2. The molecule has 0 saturated carbocycles. The topological polar surface area (TPSA) is 143 Å². The first-order valence-electron chi connectivity index (χ1n) is 23.8. The van der Waals surface area contributed by atoms with Crippen LogP contribution in [0, 0.1) is 56.3 Å². The zero-order valence-corrected chi connectivity index (χ0v) is 42.4. The van der Waals surface area contributed by atoms with E-state index in [9.17, 15) is 19.2 Å². The van der Waals surface area contributed by atoms with E-state index in [-0.39, 0.29) is 59.7 Å². The molecule has 0 amide bonds. The van der Waals surface area contributed by atoms with E-state index >= 15 is 0 Å². The van der Waals surface area contributed by atoms with Gasteiger partial charge in [-0.3, -0.25) is 19.2 Å². The van der Waals surface area contributed by atoms with Crippen LogP contribution in [0.5, 0.6) is 0 Å². The largest absolute Gasteiger partial charge is 2.00 e. The van der Waals surface area contributed by atoms with Crippen LogP contribution in [0.1, 0.15) is 185 Å². The summed E-state index contributed by atoms with van der Waals surface area (Å²) in [5, 5.41) is 6.60. The third-order valence-corrected chi connectivity index (χ3v) is 14.1. The van der Waals surface area contributed by atoms with Crippen molar-refractivity contribution in [3.8, 4) is 0 Å². The minimum Gasteiger partial charge on any atom is -0.664 e.